The van der Waals surface area contributed by atoms with Gasteiger partial charge in [0.15, 0.2) is 5.96 Å². The Morgan fingerprint density at radius 3 is 2.58 bits per heavy atom. The first kappa shape index (κ1) is 19.7. The molecule has 1 aromatic carbocycles. The number of guanidine groups is 1. The van der Waals surface area contributed by atoms with E-state index >= 15 is 0 Å². The molecule has 0 aliphatic heterocycles. The van der Waals surface area contributed by atoms with Gasteiger partial charge in [-0.25, -0.2) is 9.98 Å². The zero-order valence-electron chi connectivity index (χ0n) is 15.1. The highest BCUT2D eigenvalue weighted by atomic mass is 35.5. The quantitative estimate of drug-likeness (QED) is 0.514. The minimum Gasteiger partial charge on any atom is -0.357 e. The molecule has 0 radical (unpaired) electrons. The van der Waals surface area contributed by atoms with Crippen molar-refractivity contribution < 1.29 is 4.79 Å². The highest BCUT2D eigenvalue weighted by Crippen LogP contribution is 2.10. The molecule has 0 aliphatic carbocycles. The van der Waals surface area contributed by atoms with Crippen LogP contribution in [0, 0.1) is 6.92 Å². The maximum absolute atomic E-state index is 12.0. The van der Waals surface area contributed by atoms with E-state index in [1.54, 1.807) is 12.3 Å². The first-order valence-corrected chi connectivity index (χ1v) is 8.93. The molecule has 26 heavy (non-hydrogen) atoms. The Kier molecular flexibility index (Phi) is 7.89. The normalized spacial score (nSPS) is 11.1. The third kappa shape index (κ3) is 7.11. The van der Waals surface area contributed by atoms with E-state index in [-0.39, 0.29) is 5.91 Å². The van der Waals surface area contributed by atoms with Gasteiger partial charge in [-0.1, -0.05) is 29.8 Å². The highest BCUT2D eigenvalue weighted by Gasteiger charge is 2.04. The number of nitrogens with one attached hydrogen (secondary N) is 3. The number of aryl methyl sites for hydroxylation is 1. The number of halogens is 1. The molecule has 0 saturated carbocycles. The molecule has 2 rings (SSSR count). The van der Waals surface area contributed by atoms with Crippen LogP contribution in [0.5, 0.6) is 0 Å². The number of benzene rings is 1. The summed E-state index contributed by atoms with van der Waals surface area (Å²) in [6, 6.07) is 11.3. The van der Waals surface area contributed by atoms with Crippen LogP contribution in [0.25, 0.3) is 0 Å². The molecule has 0 spiro atoms. The Morgan fingerprint density at radius 2 is 1.92 bits per heavy atom. The summed E-state index contributed by atoms with van der Waals surface area (Å²) in [4.78, 5) is 20.7. The number of pyridine rings is 1. The molecule has 0 fully saturated rings. The van der Waals surface area contributed by atoms with Crippen LogP contribution in [0.3, 0.4) is 0 Å². The summed E-state index contributed by atoms with van der Waals surface area (Å²) in [5, 5.41) is 9.80. The molecule has 1 amide bonds. The van der Waals surface area contributed by atoms with Crippen LogP contribution in [0.4, 0.5) is 5.82 Å². The van der Waals surface area contributed by atoms with E-state index in [9.17, 15) is 4.79 Å². The first-order chi connectivity index (χ1) is 12.6. The second kappa shape index (κ2) is 10.4. The number of amides is 1. The lowest BCUT2D eigenvalue weighted by molar-refractivity contribution is -0.116. The molecule has 1 aromatic heterocycles. The van der Waals surface area contributed by atoms with Crippen molar-refractivity contribution in [3.63, 3.8) is 0 Å². The average molecular weight is 374 g/mol. The zero-order chi connectivity index (χ0) is 18.8. The molecule has 0 atom stereocenters. The van der Waals surface area contributed by atoms with Crippen molar-refractivity contribution in [2.24, 2.45) is 4.99 Å². The zero-order valence-corrected chi connectivity index (χ0v) is 15.8. The Hall–Kier alpha value is -2.60. The van der Waals surface area contributed by atoms with Crippen LogP contribution < -0.4 is 16.0 Å². The number of aromatic nitrogens is 1. The van der Waals surface area contributed by atoms with Crippen LogP contribution in [0.2, 0.25) is 5.02 Å². The molecule has 0 saturated heterocycles. The van der Waals surface area contributed by atoms with Gasteiger partial charge in [0.05, 0.1) is 6.54 Å². The summed E-state index contributed by atoms with van der Waals surface area (Å²) in [6.45, 7) is 5.70. The van der Waals surface area contributed by atoms with E-state index in [4.69, 9.17) is 11.6 Å². The van der Waals surface area contributed by atoms with Gasteiger partial charge >= 0.3 is 0 Å². The number of rotatable bonds is 7. The molecule has 1 heterocycles. The van der Waals surface area contributed by atoms with Gasteiger partial charge in [0.2, 0.25) is 5.91 Å². The van der Waals surface area contributed by atoms with Gasteiger partial charge in [0.25, 0.3) is 0 Å². The Morgan fingerprint density at radius 1 is 1.15 bits per heavy atom. The number of nitrogens with zero attached hydrogens (tertiary/aromatic N) is 2. The van der Waals surface area contributed by atoms with Gasteiger partial charge in [0, 0.05) is 30.7 Å². The van der Waals surface area contributed by atoms with Gasteiger partial charge in [-0.05, 0) is 43.2 Å². The maximum atomic E-state index is 12.0. The molecule has 138 valence electrons. The molecule has 0 bridgehead atoms. The monoisotopic (exact) mass is 373 g/mol. The Labute approximate surface area is 159 Å². The van der Waals surface area contributed by atoms with Crippen molar-refractivity contribution in [2.45, 2.75) is 26.8 Å². The molecular formula is C19H24ClN5O. The van der Waals surface area contributed by atoms with Crippen molar-refractivity contribution in [1.82, 2.24) is 15.6 Å². The third-order valence-corrected chi connectivity index (χ3v) is 3.75. The predicted molar refractivity (Wildman–Crippen MR) is 106 cm³/mol. The van der Waals surface area contributed by atoms with Crippen LogP contribution >= 0.6 is 11.6 Å². The standard InChI is InChI=1S/C19H24ClN5O/c1-3-21-19(24-13-15-5-7-16(20)8-6-15)22-11-10-18(26)25-17-9-4-14(2)12-23-17/h4-9,12H,3,10-11,13H2,1-2H3,(H2,21,22,24)(H,23,25,26). The van der Waals surface area contributed by atoms with Crippen molar-refractivity contribution in [2.75, 3.05) is 18.4 Å². The molecule has 3 N–H and O–H groups in total. The largest absolute Gasteiger partial charge is 0.357 e. The second-order valence-electron chi connectivity index (χ2n) is 5.77. The molecule has 0 unspecified atom stereocenters. The van der Waals surface area contributed by atoms with Crippen LogP contribution in [-0.4, -0.2) is 29.9 Å². The smallest absolute Gasteiger partial charge is 0.227 e. The minimum atomic E-state index is -0.0950. The van der Waals surface area contributed by atoms with Gasteiger partial charge in [0.1, 0.15) is 5.82 Å². The Balaban J connectivity index is 1.79. The van der Waals surface area contributed by atoms with Crippen molar-refractivity contribution in [1.29, 1.82) is 0 Å². The number of aliphatic imine (C=N–C) groups is 1. The average Bonchev–Trinajstić information content (AvgIpc) is 2.63. The SMILES string of the molecule is CCNC(=NCc1ccc(Cl)cc1)NCCC(=O)Nc1ccc(C)cn1. The van der Waals surface area contributed by atoms with Crippen LogP contribution in [-0.2, 0) is 11.3 Å². The van der Waals surface area contributed by atoms with E-state index < -0.39 is 0 Å². The number of hydrogen-bond acceptors (Lipinski definition) is 3. The second-order valence-corrected chi connectivity index (χ2v) is 6.20. The Bertz CT molecular complexity index is 729. The molecule has 0 aliphatic rings. The summed E-state index contributed by atoms with van der Waals surface area (Å²) in [7, 11) is 0. The van der Waals surface area contributed by atoms with Crippen molar-refractivity contribution in [3.8, 4) is 0 Å². The fourth-order valence-electron chi connectivity index (χ4n) is 2.14. The lowest BCUT2D eigenvalue weighted by Crippen LogP contribution is -2.38. The fraction of sp³-hybridized carbons (Fsp3) is 0.316. The predicted octanol–water partition coefficient (Wildman–Crippen LogP) is 3.13. The number of hydrogen-bond donors (Lipinski definition) is 3. The topological polar surface area (TPSA) is 78.4 Å². The lowest BCUT2D eigenvalue weighted by Gasteiger charge is -2.11. The van der Waals surface area contributed by atoms with Gasteiger partial charge in [-0.2, -0.15) is 0 Å². The first-order valence-electron chi connectivity index (χ1n) is 8.56. The van der Waals surface area contributed by atoms with E-state index in [1.165, 1.54) is 0 Å². The number of carbonyl (C=O) groups excluding carboxylic acids is 1. The van der Waals surface area contributed by atoms with Crippen LogP contribution in [0.1, 0.15) is 24.5 Å². The van der Waals surface area contributed by atoms with Crippen molar-refractivity contribution >= 4 is 29.3 Å². The minimum absolute atomic E-state index is 0.0950. The molecule has 2 aromatic rings. The third-order valence-electron chi connectivity index (χ3n) is 3.50. The molecule has 7 heteroatoms. The summed E-state index contributed by atoms with van der Waals surface area (Å²) >= 11 is 5.89. The van der Waals surface area contributed by atoms with E-state index in [0.29, 0.717) is 36.3 Å². The maximum Gasteiger partial charge on any atom is 0.227 e. The van der Waals surface area contributed by atoms with E-state index in [1.807, 2.05) is 44.2 Å². The molecular weight excluding hydrogens is 350 g/mol. The van der Waals surface area contributed by atoms with Gasteiger partial charge < -0.3 is 16.0 Å². The van der Waals surface area contributed by atoms with Crippen LogP contribution in [0.15, 0.2) is 47.6 Å². The van der Waals surface area contributed by atoms with Crippen molar-refractivity contribution in [3.05, 3.63) is 58.7 Å². The van der Waals surface area contributed by atoms with Gasteiger partial charge in [-0.15, -0.1) is 0 Å². The summed E-state index contributed by atoms with van der Waals surface area (Å²) in [6.07, 6.45) is 2.04. The summed E-state index contributed by atoms with van der Waals surface area (Å²) in [5.74, 6) is 1.13. The summed E-state index contributed by atoms with van der Waals surface area (Å²) in [5.41, 5.74) is 2.12. The fourth-order valence-corrected chi connectivity index (χ4v) is 2.27. The number of anilines is 1. The summed E-state index contributed by atoms with van der Waals surface area (Å²) < 4.78 is 0. The van der Waals surface area contributed by atoms with Gasteiger partial charge in [-0.3, -0.25) is 4.79 Å². The van der Waals surface area contributed by atoms with E-state index in [2.05, 4.69) is 25.9 Å². The highest BCUT2D eigenvalue weighted by molar-refractivity contribution is 6.30. The lowest BCUT2D eigenvalue weighted by atomic mass is 10.2. The van der Waals surface area contributed by atoms with E-state index in [0.717, 1.165) is 17.7 Å². The number of carbonyl (C=O) groups is 1. The molecule has 6 nitrogen and oxygen atoms in total.